The summed E-state index contributed by atoms with van der Waals surface area (Å²) in [5.41, 5.74) is 0.356. The minimum absolute atomic E-state index is 0. The number of halogens is 1. The van der Waals surface area contributed by atoms with Gasteiger partial charge in [0.15, 0.2) is 0 Å². The van der Waals surface area contributed by atoms with Crippen molar-refractivity contribution in [3.05, 3.63) is 30.3 Å². The van der Waals surface area contributed by atoms with Gasteiger partial charge < -0.3 is 9.84 Å². The Morgan fingerprint density at radius 1 is 1.15 bits per heavy atom. The second-order valence-corrected chi connectivity index (χ2v) is 6.69. The molecule has 1 atom stereocenters. The Morgan fingerprint density at radius 2 is 1.70 bits per heavy atom. The van der Waals surface area contributed by atoms with Gasteiger partial charge in [0.1, 0.15) is 18.5 Å². The fraction of sp³-hybridized carbons (Fsp3) is 0.625. The van der Waals surface area contributed by atoms with Crippen LogP contribution in [0.3, 0.4) is 0 Å². The highest BCUT2D eigenvalue weighted by atomic mass is 35.5. The zero-order valence-electron chi connectivity index (χ0n) is 12.8. The number of hydrogen-bond donors (Lipinski definition) is 1. The van der Waals surface area contributed by atoms with E-state index in [-0.39, 0.29) is 23.5 Å². The zero-order chi connectivity index (χ0) is 14.1. The summed E-state index contributed by atoms with van der Waals surface area (Å²) < 4.78 is 5.60. The molecule has 1 N–H and O–H groups in total. The summed E-state index contributed by atoms with van der Waals surface area (Å²) in [6.45, 7) is 9.90. The van der Waals surface area contributed by atoms with E-state index in [2.05, 4.69) is 32.6 Å². The molecular weight excluding hydrogens is 274 g/mol. The van der Waals surface area contributed by atoms with Crippen LogP contribution in [0.2, 0.25) is 0 Å². The number of hydrogen-bond acceptors (Lipinski definition) is 3. The van der Waals surface area contributed by atoms with Gasteiger partial charge in [-0.05, 0) is 46.2 Å². The second kappa shape index (κ2) is 6.33. The van der Waals surface area contributed by atoms with Crippen LogP contribution >= 0.6 is 12.4 Å². The van der Waals surface area contributed by atoms with Crippen LogP contribution < -0.4 is 4.74 Å². The van der Waals surface area contributed by atoms with Crippen LogP contribution in [0.5, 0.6) is 5.75 Å². The first-order valence-electron chi connectivity index (χ1n) is 6.95. The third-order valence-electron chi connectivity index (χ3n) is 3.91. The summed E-state index contributed by atoms with van der Waals surface area (Å²) in [5, 5.41) is 10.1. The van der Waals surface area contributed by atoms with Crippen LogP contribution in [0, 0.1) is 0 Å². The summed E-state index contributed by atoms with van der Waals surface area (Å²) >= 11 is 0. The van der Waals surface area contributed by atoms with Crippen molar-refractivity contribution in [1.29, 1.82) is 0 Å². The SMILES string of the molecule is CC1(C)CC(C)(C)N1CC(O)COc1ccccc1.Cl. The molecule has 0 radical (unpaired) electrons. The monoisotopic (exact) mass is 299 g/mol. The average molecular weight is 300 g/mol. The first-order valence-corrected chi connectivity index (χ1v) is 6.95. The molecular formula is C16H26ClNO2. The molecule has 0 aromatic heterocycles. The van der Waals surface area contributed by atoms with E-state index in [4.69, 9.17) is 4.74 Å². The van der Waals surface area contributed by atoms with Gasteiger partial charge in [-0.25, -0.2) is 0 Å². The molecule has 0 spiro atoms. The number of para-hydroxylation sites is 1. The van der Waals surface area contributed by atoms with Gasteiger partial charge in [0.2, 0.25) is 0 Å². The Labute approximate surface area is 128 Å². The van der Waals surface area contributed by atoms with Gasteiger partial charge in [-0.1, -0.05) is 18.2 Å². The van der Waals surface area contributed by atoms with Crippen molar-refractivity contribution in [2.45, 2.75) is 51.3 Å². The largest absolute Gasteiger partial charge is 0.491 e. The standard InChI is InChI=1S/C16H25NO2.ClH/c1-15(2)12-16(3,4)17(15)10-13(18)11-19-14-8-6-5-7-9-14;/h5-9,13,18H,10-12H2,1-4H3;1H. The number of likely N-dealkylation sites (tertiary alicyclic amines) is 1. The van der Waals surface area contributed by atoms with Gasteiger partial charge >= 0.3 is 0 Å². The van der Waals surface area contributed by atoms with Gasteiger partial charge in [0.25, 0.3) is 0 Å². The molecule has 4 heteroatoms. The van der Waals surface area contributed by atoms with Crippen LogP contribution in [-0.4, -0.2) is 40.3 Å². The summed E-state index contributed by atoms with van der Waals surface area (Å²) in [7, 11) is 0. The fourth-order valence-corrected chi connectivity index (χ4v) is 3.44. The molecule has 1 aliphatic heterocycles. The summed E-state index contributed by atoms with van der Waals surface area (Å²) in [5.74, 6) is 0.809. The molecule has 1 aromatic carbocycles. The van der Waals surface area contributed by atoms with E-state index < -0.39 is 6.10 Å². The molecule has 1 heterocycles. The van der Waals surface area contributed by atoms with Crippen LogP contribution in [0.1, 0.15) is 34.1 Å². The Hall–Kier alpha value is -0.770. The lowest BCUT2D eigenvalue weighted by Crippen LogP contribution is -2.70. The van der Waals surface area contributed by atoms with Gasteiger partial charge in [-0.3, -0.25) is 4.90 Å². The Bertz CT molecular complexity index is 406. The van der Waals surface area contributed by atoms with Crippen molar-refractivity contribution < 1.29 is 9.84 Å². The Kier molecular flexibility index (Phi) is 5.47. The number of aliphatic hydroxyl groups is 1. The topological polar surface area (TPSA) is 32.7 Å². The highest BCUT2D eigenvalue weighted by Gasteiger charge is 2.50. The van der Waals surface area contributed by atoms with E-state index >= 15 is 0 Å². The van der Waals surface area contributed by atoms with Crippen molar-refractivity contribution in [2.24, 2.45) is 0 Å². The van der Waals surface area contributed by atoms with Gasteiger partial charge in [0, 0.05) is 17.6 Å². The van der Waals surface area contributed by atoms with Crippen molar-refractivity contribution in [2.75, 3.05) is 13.2 Å². The summed E-state index contributed by atoms with van der Waals surface area (Å²) in [6, 6.07) is 9.63. The third-order valence-corrected chi connectivity index (χ3v) is 3.91. The maximum atomic E-state index is 10.1. The van der Waals surface area contributed by atoms with E-state index in [1.54, 1.807) is 0 Å². The van der Waals surface area contributed by atoms with E-state index in [0.717, 1.165) is 12.2 Å². The molecule has 3 nitrogen and oxygen atoms in total. The average Bonchev–Trinajstić information content (AvgIpc) is 2.33. The van der Waals surface area contributed by atoms with Crippen molar-refractivity contribution in [1.82, 2.24) is 4.90 Å². The van der Waals surface area contributed by atoms with E-state index in [1.165, 1.54) is 0 Å². The number of β-amino-alcohol motifs (C(OH)–C–C–N with tert-alkyl or cyclic N) is 1. The van der Waals surface area contributed by atoms with Gasteiger partial charge in [0.05, 0.1) is 0 Å². The lowest BCUT2D eigenvalue weighted by molar-refractivity contribution is -0.127. The first kappa shape index (κ1) is 17.3. The molecule has 0 bridgehead atoms. The minimum atomic E-state index is -0.459. The number of rotatable bonds is 5. The highest BCUT2D eigenvalue weighted by molar-refractivity contribution is 5.85. The van der Waals surface area contributed by atoms with Crippen molar-refractivity contribution in [3.63, 3.8) is 0 Å². The molecule has 1 aliphatic rings. The lowest BCUT2D eigenvalue weighted by Gasteiger charge is -2.61. The fourth-order valence-electron chi connectivity index (χ4n) is 3.44. The van der Waals surface area contributed by atoms with Crippen LogP contribution in [-0.2, 0) is 0 Å². The summed E-state index contributed by atoms with van der Waals surface area (Å²) in [4.78, 5) is 2.36. The van der Waals surface area contributed by atoms with Crippen molar-refractivity contribution >= 4 is 12.4 Å². The molecule has 114 valence electrons. The smallest absolute Gasteiger partial charge is 0.119 e. The van der Waals surface area contributed by atoms with Gasteiger partial charge in [-0.2, -0.15) is 0 Å². The van der Waals surface area contributed by atoms with Crippen LogP contribution in [0.25, 0.3) is 0 Å². The number of benzene rings is 1. The van der Waals surface area contributed by atoms with E-state index in [0.29, 0.717) is 13.2 Å². The Morgan fingerprint density at radius 3 is 2.20 bits per heavy atom. The molecule has 0 aliphatic carbocycles. The molecule has 1 fully saturated rings. The molecule has 1 unspecified atom stereocenters. The predicted octanol–water partition coefficient (Wildman–Crippen LogP) is 3.11. The molecule has 0 saturated carbocycles. The molecule has 0 amide bonds. The maximum Gasteiger partial charge on any atom is 0.119 e. The maximum absolute atomic E-state index is 10.1. The molecule has 20 heavy (non-hydrogen) atoms. The quantitative estimate of drug-likeness (QED) is 0.907. The van der Waals surface area contributed by atoms with Crippen molar-refractivity contribution in [3.8, 4) is 5.75 Å². The molecule has 1 aromatic rings. The Balaban J connectivity index is 0.00000200. The number of ether oxygens (including phenoxy) is 1. The zero-order valence-corrected chi connectivity index (χ0v) is 13.6. The first-order chi connectivity index (χ1) is 8.81. The second-order valence-electron chi connectivity index (χ2n) is 6.69. The predicted molar refractivity (Wildman–Crippen MR) is 84.7 cm³/mol. The summed E-state index contributed by atoms with van der Waals surface area (Å²) in [6.07, 6.45) is 0.700. The molecule has 1 saturated heterocycles. The molecule has 2 rings (SSSR count). The van der Waals surface area contributed by atoms with E-state index in [1.807, 2.05) is 30.3 Å². The lowest BCUT2D eigenvalue weighted by atomic mass is 9.72. The van der Waals surface area contributed by atoms with Crippen LogP contribution in [0.4, 0.5) is 0 Å². The van der Waals surface area contributed by atoms with Crippen LogP contribution in [0.15, 0.2) is 30.3 Å². The normalized spacial score (nSPS) is 21.4. The van der Waals surface area contributed by atoms with Gasteiger partial charge in [-0.15, -0.1) is 12.4 Å². The highest BCUT2D eigenvalue weighted by Crippen LogP contribution is 2.43. The third kappa shape index (κ3) is 3.87. The van der Waals surface area contributed by atoms with E-state index in [9.17, 15) is 5.11 Å². The minimum Gasteiger partial charge on any atom is -0.491 e. The number of nitrogens with zero attached hydrogens (tertiary/aromatic N) is 1. The number of aliphatic hydroxyl groups excluding tert-OH is 1.